The standard InChI is InChI=1S/C11H6F14O2/c12-5(13)7(16,17)1-26-3-4(27-2-8(18,19)6(14)15)10(22,23)11(24,25)9(3,20)21/h5-6H,1-2H2. The van der Waals surface area contributed by atoms with Crippen molar-refractivity contribution in [2.45, 2.75) is 42.5 Å². The predicted octanol–water partition coefficient (Wildman–Crippen LogP) is 4.95. The molecule has 0 N–H and O–H groups in total. The first-order chi connectivity index (χ1) is 11.8. The third-order valence-electron chi connectivity index (χ3n) is 3.02. The third kappa shape index (κ3) is 3.83. The molecule has 0 saturated carbocycles. The number of hydrogen-bond donors (Lipinski definition) is 0. The summed E-state index contributed by atoms with van der Waals surface area (Å²) in [5, 5.41) is 0. The van der Waals surface area contributed by atoms with E-state index in [-0.39, 0.29) is 0 Å². The van der Waals surface area contributed by atoms with Crippen LogP contribution in [0.25, 0.3) is 0 Å². The minimum Gasteiger partial charge on any atom is -0.482 e. The van der Waals surface area contributed by atoms with Crippen LogP contribution in [0.5, 0.6) is 0 Å². The van der Waals surface area contributed by atoms with Crippen LogP contribution in [0.15, 0.2) is 11.5 Å². The summed E-state index contributed by atoms with van der Waals surface area (Å²) in [6.45, 7) is -5.69. The van der Waals surface area contributed by atoms with Gasteiger partial charge < -0.3 is 9.47 Å². The lowest BCUT2D eigenvalue weighted by atomic mass is 10.1. The van der Waals surface area contributed by atoms with Crippen molar-refractivity contribution >= 4 is 0 Å². The summed E-state index contributed by atoms with van der Waals surface area (Å²) < 4.78 is 185. The lowest BCUT2D eigenvalue weighted by molar-refractivity contribution is -0.280. The molecular formula is C11H6F14O2. The summed E-state index contributed by atoms with van der Waals surface area (Å²) in [7, 11) is 0. The van der Waals surface area contributed by atoms with Gasteiger partial charge in [-0.3, -0.25) is 0 Å². The van der Waals surface area contributed by atoms with Gasteiger partial charge in [0.15, 0.2) is 13.2 Å². The van der Waals surface area contributed by atoms with Gasteiger partial charge in [-0.2, -0.15) is 43.9 Å². The van der Waals surface area contributed by atoms with Crippen molar-refractivity contribution in [2.24, 2.45) is 0 Å². The quantitative estimate of drug-likeness (QED) is 0.502. The van der Waals surface area contributed by atoms with Crippen LogP contribution < -0.4 is 0 Å². The van der Waals surface area contributed by atoms with Crippen molar-refractivity contribution in [2.75, 3.05) is 13.2 Å². The fourth-order valence-corrected chi connectivity index (χ4v) is 1.54. The second-order valence-corrected chi connectivity index (χ2v) is 5.08. The van der Waals surface area contributed by atoms with Crippen LogP contribution >= 0.6 is 0 Å². The number of rotatable bonds is 8. The van der Waals surface area contributed by atoms with Gasteiger partial charge in [0.05, 0.1) is 0 Å². The van der Waals surface area contributed by atoms with Crippen molar-refractivity contribution < 1.29 is 70.9 Å². The third-order valence-corrected chi connectivity index (χ3v) is 3.02. The summed E-state index contributed by atoms with van der Waals surface area (Å²) in [6.07, 6.45) is -9.22. The maximum absolute atomic E-state index is 13.4. The average Bonchev–Trinajstić information content (AvgIpc) is 2.57. The number of allylic oxidation sites excluding steroid dienone is 2. The minimum atomic E-state index is -6.50. The Balaban J connectivity index is 3.31. The lowest BCUT2D eigenvalue weighted by Gasteiger charge is -2.25. The molecule has 0 heterocycles. The van der Waals surface area contributed by atoms with E-state index in [0.717, 1.165) is 0 Å². The minimum absolute atomic E-state index is 2.85. The van der Waals surface area contributed by atoms with Gasteiger partial charge >= 0.3 is 42.5 Å². The Kier molecular flexibility index (Phi) is 5.85. The Bertz CT molecular complexity index is 534. The molecule has 2 nitrogen and oxygen atoms in total. The normalized spacial score (nSPS) is 21.9. The van der Waals surface area contributed by atoms with E-state index >= 15 is 0 Å². The number of alkyl halides is 14. The molecule has 0 radical (unpaired) electrons. The fraction of sp³-hybridized carbons (Fsp3) is 0.818. The maximum atomic E-state index is 13.4. The SMILES string of the molecule is FC(F)C(F)(F)COC1=C(OCC(F)(F)C(F)F)C(F)(F)C(F)(F)C1(F)F. The van der Waals surface area contributed by atoms with Gasteiger partial charge in [0.2, 0.25) is 11.5 Å². The molecule has 0 aromatic rings. The second-order valence-electron chi connectivity index (χ2n) is 5.08. The molecule has 0 unspecified atom stereocenters. The molecule has 0 bridgehead atoms. The summed E-state index contributed by atoms with van der Waals surface area (Å²) in [5.41, 5.74) is 0. The van der Waals surface area contributed by atoms with E-state index in [4.69, 9.17) is 0 Å². The first-order valence-electron chi connectivity index (χ1n) is 6.28. The van der Waals surface area contributed by atoms with Gasteiger partial charge in [-0.15, -0.1) is 0 Å². The van der Waals surface area contributed by atoms with Crippen molar-refractivity contribution in [3.8, 4) is 0 Å². The Labute approximate surface area is 139 Å². The second kappa shape index (κ2) is 6.76. The smallest absolute Gasteiger partial charge is 0.387 e. The van der Waals surface area contributed by atoms with Crippen LogP contribution in [-0.4, -0.2) is 55.7 Å². The summed E-state index contributed by atoms with van der Waals surface area (Å²) in [5.74, 6) is -35.8. The maximum Gasteiger partial charge on any atom is 0.387 e. The van der Waals surface area contributed by atoms with Crippen molar-refractivity contribution in [3.63, 3.8) is 0 Å². The molecule has 0 amide bonds. The van der Waals surface area contributed by atoms with E-state index in [1.807, 2.05) is 0 Å². The highest BCUT2D eigenvalue weighted by molar-refractivity contribution is 5.34. The summed E-state index contributed by atoms with van der Waals surface area (Å²) in [4.78, 5) is 0. The van der Waals surface area contributed by atoms with Crippen LogP contribution in [0.1, 0.15) is 0 Å². The molecule has 1 aliphatic rings. The van der Waals surface area contributed by atoms with E-state index < -0.39 is 67.2 Å². The van der Waals surface area contributed by atoms with Crippen molar-refractivity contribution in [1.82, 2.24) is 0 Å². The summed E-state index contributed by atoms with van der Waals surface area (Å²) in [6, 6.07) is 0. The van der Waals surface area contributed by atoms with Gasteiger partial charge in [-0.05, 0) is 0 Å². The van der Waals surface area contributed by atoms with Crippen LogP contribution in [0.2, 0.25) is 0 Å². The topological polar surface area (TPSA) is 18.5 Å². The number of hydrogen-bond acceptors (Lipinski definition) is 2. The molecule has 0 spiro atoms. The highest BCUT2D eigenvalue weighted by Gasteiger charge is 2.83. The lowest BCUT2D eigenvalue weighted by Crippen LogP contribution is -2.50. The predicted molar refractivity (Wildman–Crippen MR) is 55.7 cm³/mol. The fourth-order valence-electron chi connectivity index (χ4n) is 1.54. The van der Waals surface area contributed by atoms with Gasteiger partial charge in [-0.25, -0.2) is 17.6 Å². The molecule has 1 aliphatic carbocycles. The van der Waals surface area contributed by atoms with Gasteiger partial charge in [0, 0.05) is 0 Å². The highest BCUT2D eigenvalue weighted by atomic mass is 19.4. The van der Waals surface area contributed by atoms with Crippen LogP contribution in [0.4, 0.5) is 61.5 Å². The average molecular weight is 436 g/mol. The molecule has 0 aliphatic heterocycles. The van der Waals surface area contributed by atoms with E-state index in [0.29, 0.717) is 0 Å². The van der Waals surface area contributed by atoms with Crippen molar-refractivity contribution in [1.29, 1.82) is 0 Å². The largest absolute Gasteiger partial charge is 0.482 e. The first kappa shape index (κ1) is 23.4. The first-order valence-corrected chi connectivity index (χ1v) is 6.28. The number of ether oxygens (including phenoxy) is 2. The molecule has 0 fully saturated rings. The monoisotopic (exact) mass is 436 g/mol. The zero-order chi connectivity index (χ0) is 21.6. The van der Waals surface area contributed by atoms with E-state index in [1.165, 1.54) is 0 Å². The molecule has 0 atom stereocenters. The Hall–Kier alpha value is -1.64. The molecule has 16 heteroatoms. The molecule has 0 aromatic carbocycles. The van der Waals surface area contributed by atoms with E-state index in [1.54, 1.807) is 0 Å². The van der Waals surface area contributed by atoms with Gasteiger partial charge in [0.1, 0.15) is 0 Å². The van der Waals surface area contributed by atoms with Gasteiger partial charge in [0.25, 0.3) is 0 Å². The molecule has 0 saturated heterocycles. The van der Waals surface area contributed by atoms with E-state index in [2.05, 4.69) is 9.47 Å². The van der Waals surface area contributed by atoms with Gasteiger partial charge in [-0.1, -0.05) is 0 Å². The Morgan fingerprint density at radius 1 is 0.630 bits per heavy atom. The number of halogens is 14. The zero-order valence-corrected chi connectivity index (χ0v) is 12.2. The molecule has 0 aromatic heterocycles. The molecule has 1 rings (SSSR count). The molecule has 160 valence electrons. The molecule has 27 heavy (non-hydrogen) atoms. The zero-order valence-electron chi connectivity index (χ0n) is 12.2. The van der Waals surface area contributed by atoms with Crippen LogP contribution in [0, 0.1) is 0 Å². The van der Waals surface area contributed by atoms with Crippen LogP contribution in [-0.2, 0) is 9.47 Å². The Morgan fingerprint density at radius 2 is 0.889 bits per heavy atom. The Morgan fingerprint density at radius 3 is 1.11 bits per heavy atom. The van der Waals surface area contributed by atoms with Crippen molar-refractivity contribution in [3.05, 3.63) is 11.5 Å². The summed E-state index contributed by atoms with van der Waals surface area (Å²) >= 11 is 0. The highest BCUT2D eigenvalue weighted by Crippen LogP contribution is 2.60. The van der Waals surface area contributed by atoms with E-state index in [9.17, 15) is 61.5 Å². The van der Waals surface area contributed by atoms with Crippen LogP contribution in [0.3, 0.4) is 0 Å². The molecular weight excluding hydrogens is 430 g/mol.